The third-order valence-electron chi connectivity index (χ3n) is 3.33. The van der Waals surface area contributed by atoms with Gasteiger partial charge in [-0.15, -0.1) is 11.8 Å². The Morgan fingerprint density at radius 1 is 1.33 bits per heavy atom. The molecule has 2 aromatic carbocycles. The van der Waals surface area contributed by atoms with Crippen molar-refractivity contribution in [1.82, 2.24) is 0 Å². The van der Waals surface area contributed by atoms with Crippen LogP contribution in [0.4, 0.5) is 4.39 Å². The van der Waals surface area contributed by atoms with Gasteiger partial charge in [0.25, 0.3) is 0 Å². The van der Waals surface area contributed by atoms with Crippen molar-refractivity contribution in [3.63, 3.8) is 0 Å². The summed E-state index contributed by atoms with van der Waals surface area (Å²) in [6.45, 7) is 0. The van der Waals surface area contributed by atoms with Crippen molar-refractivity contribution in [2.75, 3.05) is 5.75 Å². The molecule has 0 saturated carbocycles. The number of hydrogen-bond acceptors (Lipinski definition) is 3. The molecular weight excluding hydrogens is 355 g/mol. The number of ether oxygens (including phenoxy) is 1. The molecule has 5 heteroatoms. The second-order valence-corrected chi connectivity index (χ2v) is 6.94. The molecule has 1 aliphatic rings. The van der Waals surface area contributed by atoms with Crippen molar-refractivity contribution >= 4 is 27.7 Å². The molecule has 2 nitrogen and oxygen atoms in total. The summed E-state index contributed by atoms with van der Waals surface area (Å²) >= 11 is 4.94. The summed E-state index contributed by atoms with van der Waals surface area (Å²) in [4.78, 5) is 1.09. The van der Waals surface area contributed by atoms with Crippen molar-refractivity contribution in [3.05, 3.63) is 58.3 Å². The minimum absolute atomic E-state index is 0.285. The Morgan fingerprint density at radius 3 is 2.95 bits per heavy atom. The Balaban J connectivity index is 1.70. The van der Waals surface area contributed by atoms with Gasteiger partial charge < -0.3 is 9.84 Å². The minimum atomic E-state index is -0.667. The lowest BCUT2D eigenvalue weighted by molar-refractivity contribution is 0.0468. The Kier molecular flexibility index (Phi) is 4.52. The molecule has 0 aromatic heterocycles. The molecule has 21 heavy (non-hydrogen) atoms. The molecule has 2 unspecified atom stereocenters. The van der Waals surface area contributed by atoms with Crippen LogP contribution in [0.3, 0.4) is 0 Å². The normalized spacial score (nSPS) is 18.7. The molecule has 2 aromatic rings. The van der Waals surface area contributed by atoms with E-state index in [0.29, 0.717) is 16.6 Å². The molecule has 0 fully saturated rings. The van der Waals surface area contributed by atoms with Crippen LogP contribution in [0.2, 0.25) is 0 Å². The SMILES string of the molecule is OC(Cc1cc(F)cc(Br)c1)C1CSc2ccccc2O1. The molecule has 0 saturated heterocycles. The van der Waals surface area contributed by atoms with E-state index in [1.54, 1.807) is 11.8 Å². The molecule has 2 atom stereocenters. The monoisotopic (exact) mass is 368 g/mol. The number of para-hydroxylation sites is 1. The van der Waals surface area contributed by atoms with E-state index < -0.39 is 6.10 Å². The fourth-order valence-corrected chi connectivity index (χ4v) is 3.91. The van der Waals surface area contributed by atoms with Gasteiger partial charge in [0.05, 0.1) is 6.10 Å². The fraction of sp³-hybridized carbons (Fsp3) is 0.250. The zero-order chi connectivity index (χ0) is 14.8. The van der Waals surface area contributed by atoms with Gasteiger partial charge in [-0.1, -0.05) is 28.1 Å². The minimum Gasteiger partial charge on any atom is -0.486 e. The number of aliphatic hydroxyl groups excluding tert-OH is 1. The third kappa shape index (κ3) is 3.59. The summed E-state index contributed by atoms with van der Waals surface area (Å²) in [6, 6.07) is 12.5. The van der Waals surface area contributed by atoms with E-state index >= 15 is 0 Å². The first-order chi connectivity index (χ1) is 10.1. The van der Waals surface area contributed by atoms with E-state index in [2.05, 4.69) is 15.9 Å². The van der Waals surface area contributed by atoms with Gasteiger partial charge in [-0.3, -0.25) is 0 Å². The number of hydrogen-bond donors (Lipinski definition) is 1. The third-order valence-corrected chi connectivity index (χ3v) is 4.93. The van der Waals surface area contributed by atoms with Gasteiger partial charge >= 0.3 is 0 Å². The van der Waals surface area contributed by atoms with Crippen LogP contribution < -0.4 is 4.74 Å². The van der Waals surface area contributed by atoms with Crippen molar-refractivity contribution in [1.29, 1.82) is 0 Å². The van der Waals surface area contributed by atoms with Crippen LogP contribution in [0, 0.1) is 5.82 Å². The first kappa shape index (κ1) is 14.9. The van der Waals surface area contributed by atoms with Gasteiger partial charge in [-0.05, 0) is 35.9 Å². The Hall–Kier alpha value is -1.04. The van der Waals surface area contributed by atoms with E-state index in [1.807, 2.05) is 30.3 Å². The van der Waals surface area contributed by atoms with Crippen molar-refractivity contribution in [3.8, 4) is 5.75 Å². The van der Waals surface area contributed by atoms with E-state index in [1.165, 1.54) is 12.1 Å². The van der Waals surface area contributed by atoms with E-state index in [9.17, 15) is 9.50 Å². The number of thioether (sulfide) groups is 1. The van der Waals surface area contributed by atoms with Crippen LogP contribution in [0.1, 0.15) is 5.56 Å². The second kappa shape index (κ2) is 6.38. The first-order valence-corrected chi connectivity index (χ1v) is 8.41. The second-order valence-electron chi connectivity index (χ2n) is 4.96. The summed E-state index contributed by atoms with van der Waals surface area (Å²) in [5, 5.41) is 10.4. The van der Waals surface area contributed by atoms with Gasteiger partial charge in [-0.25, -0.2) is 4.39 Å². The maximum absolute atomic E-state index is 13.4. The molecule has 0 aliphatic carbocycles. The largest absolute Gasteiger partial charge is 0.486 e. The average molecular weight is 369 g/mol. The first-order valence-electron chi connectivity index (χ1n) is 6.63. The molecule has 1 heterocycles. The van der Waals surface area contributed by atoms with Gasteiger partial charge in [-0.2, -0.15) is 0 Å². The van der Waals surface area contributed by atoms with Crippen molar-refractivity contribution in [2.24, 2.45) is 0 Å². The van der Waals surface area contributed by atoms with Crippen molar-refractivity contribution < 1.29 is 14.2 Å². The summed E-state index contributed by atoms with van der Waals surface area (Å²) in [6.07, 6.45) is -0.587. The standard InChI is InChI=1S/C16H14BrFO2S/c17-11-5-10(6-12(18)8-11)7-13(19)15-9-21-16-4-2-1-3-14(16)20-15/h1-6,8,13,15,19H,7,9H2. The summed E-state index contributed by atoms with van der Waals surface area (Å²) in [7, 11) is 0. The lowest BCUT2D eigenvalue weighted by atomic mass is 10.0. The number of benzene rings is 2. The zero-order valence-corrected chi connectivity index (χ0v) is 13.5. The Bertz CT molecular complexity index is 630. The van der Waals surface area contributed by atoms with Gasteiger partial charge in [0.1, 0.15) is 17.7 Å². The van der Waals surface area contributed by atoms with E-state index in [0.717, 1.165) is 16.2 Å². The maximum Gasteiger partial charge on any atom is 0.134 e. The Morgan fingerprint density at radius 2 is 2.14 bits per heavy atom. The highest BCUT2D eigenvalue weighted by Crippen LogP contribution is 2.36. The number of fused-ring (bicyclic) bond motifs is 1. The van der Waals surface area contributed by atoms with Crippen LogP contribution in [0.25, 0.3) is 0 Å². The maximum atomic E-state index is 13.4. The molecule has 0 bridgehead atoms. The van der Waals surface area contributed by atoms with Crippen LogP contribution in [0.15, 0.2) is 51.8 Å². The molecular formula is C16H14BrFO2S. The van der Waals surface area contributed by atoms with E-state index in [4.69, 9.17) is 4.74 Å². The molecule has 0 radical (unpaired) electrons. The number of halogens is 2. The molecule has 0 amide bonds. The summed E-state index contributed by atoms with van der Waals surface area (Å²) in [5.41, 5.74) is 0.752. The quantitative estimate of drug-likeness (QED) is 0.886. The van der Waals surface area contributed by atoms with Gasteiger partial charge in [0, 0.05) is 21.5 Å². The highest BCUT2D eigenvalue weighted by molar-refractivity contribution is 9.10. The number of aliphatic hydroxyl groups is 1. The lowest BCUT2D eigenvalue weighted by Gasteiger charge is -2.29. The molecule has 110 valence electrons. The highest BCUT2D eigenvalue weighted by atomic mass is 79.9. The van der Waals surface area contributed by atoms with Crippen LogP contribution in [0.5, 0.6) is 5.75 Å². The molecule has 1 N–H and O–H groups in total. The molecule has 0 spiro atoms. The van der Waals surface area contributed by atoms with Crippen LogP contribution >= 0.6 is 27.7 Å². The van der Waals surface area contributed by atoms with Crippen molar-refractivity contribution in [2.45, 2.75) is 23.5 Å². The van der Waals surface area contributed by atoms with Gasteiger partial charge in [0.2, 0.25) is 0 Å². The number of rotatable bonds is 3. The fourth-order valence-electron chi connectivity index (χ4n) is 2.33. The predicted molar refractivity (Wildman–Crippen MR) is 85.4 cm³/mol. The summed E-state index contributed by atoms with van der Waals surface area (Å²) < 4.78 is 19.9. The topological polar surface area (TPSA) is 29.5 Å². The predicted octanol–water partition coefficient (Wildman–Crippen LogP) is 4.04. The molecule has 3 rings (SSSR count). The zero-order valence-electron chi connectivity index (χ0n) is 11.1. The van der Waals surface area contributed by atoms with Gasteiger partial charge in [0.15, 0.2) is 0 Å². The average Bonchev–Trinajstić information content (AvgIpc) is 2.45. The lowest BCUT2D eigenvalue weighted by Crippen LogP contribution is -2.37. The Labute approximate surface area is 135 Å². The highest BCUT2D eigenvalue weighted by Gasteiger charge is 2.27. The van der Waals surface area contributed by atoms with E-state index in [-0.39, 0.29) is 11.9 Å². The smallest absolute Gasteiger partial charge is 0.134 e. The molecule has 1 aliphatic heterocycles. The summed E-state index contributed by atoms with van der Waals surface area (Å²) in [5.74, 6) is 1.18. The van der Waals surface area contributed by atoms with Crippen LogP contribution in [-0.4, -0.2) is 23.1 Å². The van der Waals surface area contributed by atoms with Crippen LogP contribution in [-0.2, 0) is 6.42 Å².